The molecule has 1 aromatic heterocycles. The molecule has 3 heterocycles. The maximum Gasteiger partial charge on any atom is 0.272 e. The van der Waals surface area contributed by atoms with Crippen LogP contribution >= 0.6 is 0 Å². The molecule has 32 heavy (non-hydrogen) atoms. The second-order valence-electron chi connectivity index (χ2n) is 7.67. The third kappa shape index (κ3) is 3.61. The molecule has 1 N–H and O–H groups in total. The molecule has 1 amide bonds. The van der Waals surface area contributed by atoms with Crippen LogP contribution < -0.4 is 14.8 Å². The van der Waals surface area contributed by atoms with Crippen LogP contribution in [0, 0.1) is 0 Å². The van der Waals surface area contributed by atoms with Gasteiger partial charge in [0.15, 0.2) is 17.2 Å². The minimum atomic E-state index is -3.66. The Morgan fingerprint density at radius 3 is 2.72 bits per heavy atom. The lowest BCUT2D eigenvalue weighted by Crippen LogP contribution is -2.37. The van der Waals surface area contributed by atoms with Crippen molar-refractivity contribution in [2.24, 2.45) is 7.05 Å². The Labute approximate surface area is 185 Å². The van der Waals surface area contributed by atoms with Gasteiger partial charge in [-0.15, -0.1) is 0 Å². The number of sulfonamides is 1. The number of benzene rings is 2. The Morgan fingerprint density at radius 1 is 1.12 bits per heavy atom. The van der Waals surface area contributed by atoms with Crippen LogP contribution in [0.2, 0.25) is 0 Å². The van der Waals surface area contributed by atoms with E-state index in [1.165, 1.54) is 4.31 Å². The molecule has 3 aromatic rings. The summed E-state index contributed by atoms with van der Waals surface area (Å²) in [6.45, 7) is 0.912. The first-order valence-corrected chi connectivity index (χ1v) is 11.6. The molecule has 0 saturated heterocycles. The quantitative estimate of drug-likeness (QED) is 0.631. The number of hydrogen-bond donors (Lipinski definition) is 1. The van der Waals surface area contributed by atoms with E-state index in [4.69, 9.17) is 9.47 Å². The maximum atomic E-state index is 13.1. The molecule has 0 spiro atoms. The molecule has 0 fully saturated rings. The van der Waals surface area contributed by atoms with Gasteiger partial charge in [0, 0.05) is 44.4 Å². The largest absolute Gasteiger partial charge is 0.454 e. The molecule has 2 aliphatic rings. The zero-order valence-corrected chi connectivity index (χ0v) is 18.3. The molecule has 0 atom stereocenters. The summed E-state index contributed by atoms with van der Waals surface area (Å²) < 4.78 is 39.9. The van der Waals surface area contributed by atoms with Crippen molar-refractivity contribution in [2.75, 3.05) is 13.3 Å². The van der Waals surface area contributed by atoms with Crippen molar-refractivity contribution in [2.45, 2.75) is 24.4 Å². The van der Waals surface area contributed by atoms with Gasteiger partial charge < -0.3 is 14.8 Å². The van der Waals surface area contributed by atoms with E-state index >= 15 is 0 Å². The number of carbonyl (C=O) groups is 1. The van der Waals surface area contributed by atoms with E-state index in [0.29, 0.717) is 30.0 Å². The summed E-state index contributed by atoms with van der Waals surface area (Å²) in [5.74, 6) is 0.978. The summed E-state index contributed by atoms with van der Waals surface area (Å²) in [6, 6.07) is 13.8. The average molecular weight is 455 g/mol. The predicted octanol–water partition coefficient (Wildman–Crippen LogP) is 1.83. The fourth-order valence-corrected chi connectivity index (χ4v) is 5.44. The number of hydrogen-bond acceptors (Lipinski definition) is 6. The first-order chi connectivity index (χ1) is 15.4. The normalized spacial score (nSPS) is 15.4. The van der Waals surface area contributed by atoms with Crippen molar-refractivity contribution in [1.29, 1.82) is 0 Å². The van der Waals surface area contributed by atoms with Crippen LogP contribution in [0.15, 0.2) is 53.4 Å². The number of ether oxygens (including phenoxy) is 2. The average Bonchev–Trinajstić information content (AvgIpc) is 3.41. The van der Waals surface area contributed by atoms with E-state index < -0.39 is 10.0 Å². The van der Waals surface area contributed by atoms with Crippen LogP contribution in [0.5, 0.6) is 11.5 Å². The van der Waals surface area contributed by atoms with Crippen LogP contribution in [-0.4, -0.2) is 41.7 Å². The second kappa shape index (κ2) is 7.95. The smallest absolute Gasteiger partial charge is 0.272 e. The first kappa shape index (κ1) is 20.5. The van der Waals surface area contributed by atoms with Crippen LogP contribution in [-0.2, 0) is 36.6 Å². The number of aryl methyl sites for hydroxylation is 1. The first-order valence-electron chi connectivity index (χ1n) is 10.2. The van der Waals surface area contributed by atoms with Gasteiger partial charge in [0.25, 0.3) is 5.91 Å². The number of carbonyl (C=O) groups excluding carboxylic acids is 1. The van der Waals surface area contributed by atoms with Crippen LogP contribution in [0.4, 0.5) is 0 Å². The van der Waals surface area contributed by atoms with Gasteiger partial charge in [0.1, 0.15) is 0 Å². The fourth-order valence-electron chi connectivity index (χ4n) is 4.01. The zero-order valence-electron chi connectivity index (χ0n) is 17.4. The third-order valence-corrected chi connectivity index (χ3v) is 7.55. The number of amides is 1. The molecule has 10 heteroatoms. The van der Waals surface area contributed by atoms with Crippen molar-refractivity contribution in [1.82, 2.24) is 19.4 Å². The number of nitrogens with zero attached hydrogens (tertiary/aromatic N) is 3. The van der Waals surface area contributed by atoms with Gasteiger partial charge in [-0.1, -0.05) is 24.3 Å². The molecule has 5 rings (SSSR count). The van der Waals surface area contributed by atoms with Crippen LogP contribution in [0.25, 0.3) is 0 Å². The molecule has 2 aromatic carbocycles. The molecule has 2 aliphatic heterocycles. The standard InChI is InChI=1S/C22H22N4O5S/c1-25-18-9-10-26(32(28,29)16-5-3-2-4-6-16)13-17(18)21(24-25)22(27)23-12-15-7-8-19-20(11-15)31-14-30-19/h2-8,11H,9-10,12-14H2,1H3,(H,23,27). The van der Waals surface area contributed by atoms with Gasteiger partial charge in [-0.2, -0.15) is 9.40 Å². The Balaban J connectivity index is 1.35. The Hall–Kier alpha value is -3.37. The zero-order chi connectivity index (χ0) is 22.3. The molecule has 0 bridgehead atoms. The van der Waals surface area contributed by atoms with Gasteiger partial charge in [-0.05, 0) is 29.8 Å². The minimum Gasteiger partial charge on any atom is -0.454 e. The van der Waals surface area contributed by atoms with Gasteiger partial charge in [0.05, 0.1) is 4.90 Å². The number of nitrogens with one attached hydrogen (secondary N) is 1. The van der Waals surface area contributed by atoms with Crippen molar-refractivity contribution in [3.8, 4) is 11.5 Å². The van der Waals surface area contributed by atoms with Gasteiger partial charge in [-0.3, -0.25) is 9.48 Å². The van der Waals surface area contributed by atoms with E-state index in [1.54, 1.807) is 48.1 Å². The molecule has 0 radical (unpaired) electrons. The highest BCUT2D eigenvalue weighted by Crippen LogP contribution is 2.32. The molecule has 166 valence electrons. The lowest BCUT2D eigenvalue weighted by atomic mass is 10.1. The third-order valence-electron chi connectivity index (χ3n) is 5.69. The maximum absolute atomic E-state index is 13.1. The van der Waals surface area contributed by atoms with Gasteiger partial charge in [-0.25, -0.2) is 8.42 Å². The Morgan fingerprint density at radius 2 is 1.91 bits per heavy atom. The van der Waals surface area contributed by atoms with Crippen LogP contribution in [0.3, 0.4) is 0 Å². The molecule has 0 saturated carbocycles. The van der Waals surface area contributed by atoms with E-state index in [0.717, 1.165) is 11.3 Å². The summed E-state index contributed by atoms with van der Waals surface area (Å²) >= 11 is 0. The Kier molecular flexibility index (Phi) is 5.10. The summed E-state index contributed by atoms with van der Waals surface area (Å²) in [5, 5.41) is 7.27. The summed E-state index contributed by atoms with van der Waals surface area (Å²) in [5.41, 5.74) is 2.62. The lowest BCUT2D eigenvalue weighted by Gasteiger charge is -2.26. The van der Waals surface area contributed by atoms with E-state index in [2.05, 4.69) is 10.4 Å². The summed E-state index contributed by atoms with van der Waals surface area (Å²) in [4.78, 5) is 13.2. The van der Waals surface area contributed by atoms with E-state index in [9.17, 15) is 13.2 Å². The SMILES string of the molecule is Cn1nc(C(=O)NCc2ccc3c(c2)OCO3)c2c1CCN(S(=O)(=O)c1ccccc1)C2. The highest BCUT2D eigenvalue weighted by Gasteiger charge is 2.33. The van der Waals surface area contributed by atoms with Crippen molar-refractivity contribution in [3.05, 3.63) is 71.0 Å². The summed E-state index contributed by atoms with van der Waals surface area (Å²) in [6.07, 6.45) is 0.486. The van der Waals surface area contributed by atoms with Crippen molar-refractivity contribution < 1.29 is 22.7 Å². The number of rotatable bonds is 5. The summed E-state index contributed by atoms with van der Waals surface area (Å²) in [7, 11) is -1.89. The molecule has 0 aliphatic carbocycles. The topological polar surface area (TPSA) is 103 Å². The number of fused-ring (bicyclic) bond motifs is 2. The number of aromatic nitrogens is 2. The lowest BCUT2D eigenvalue weighted by molar-refractivity contribution is 0.0943. The van der Waals surface area contributed by atoms with Gasteiger partial charge >= 0.3 is 0 Å². The minimum absolute atomic E-state index is 0.104. The Bertz CT molecular complexity index is 1290. The predicted molar refractivity (Wildman–Crippen MR) is 115 cm³/mol. The van der Waals surface area contributed by atoms with E-state index in [1.807, 2.05) is 12.1 Å². The van der Waals surface area contributed by atoms with E-state index in [-0.39, 0.29) is 36.4 Å². The molecule has 0 unspecified atom stereocenters. The fraction of sp³-hybridized carbons (Fsp3) is 0.273. The molecule has 9 nitrogen and oxygen atoms in total. The van der Waals surface area contributed by atoms with Crippen molar-refractivity contribution in [3.63, 3.8) is 0 Å². The molecular formula is C22H22N4O5S. The molecular weight excluding hydrogens is 432 g/mol. The monoisotopic (exact) mass is 454 g/mol. The van der Waals surface area contributed by atoms with Crippen LogP contribution in [0.1, 0.15) is 27.3 Å². The van der Waals surface area contributed by atoms with Crippen molar-refractivity contribution >= 4 is 15.9 Å². The van der Waals surface area contributed by atoms with Gasteiger partial charge in [0.2, 0.25) is 16.8 Å². The second-order valence-corrected chi connectivity index (χ2v) is 9.61. The highest BCUT2D eigenvalue weighted by molar-refractivity contribution is 7.89. The highest BCUT2D eigenvalue weighted by atomic mass is 32.2.